The van der Waals surface area contributed by atoms with E-state index in [1.807, 2.05) is 48.5 Å². The maximum Gasteiger partial charge on any atom is 0.317 e. The Morgan fingerprint density at radius 1 is 0.914 bits per heavy atom. The molecule has 8 heteroatoms. The molecule has 174 valence electrons. The second kappa shape index (κ2) is 11.4. The number of anilines is 1. The number of nitrogens with one attached hydrogen (secondary N) is 2. The summed E-state index contributed by atoms with van der Waals surface area (Å²) in [5.41, 5.74) is 10.7. The number of amides is 2. The molecule has 0 unspecified atom stereocenters. The number of urea groups is 1. The molecule has 2 aromatic heterocycles. The van der Waals surface area contributed by atoms with Crippen molar-refractivity contribution in [3.63, 3.8) is 0 Å². The first-order valence-electron chi connectivity index (χ1n) is 11.0. The van der Waals surface area contributed by atoms with Crippen LogP contribution in [-0.2, 0) is 13.1 Å². The summed E-state index contributed by atoms with van der Waals surface area (Å²) in [6, 6.07) is 24.7. The van der Waals surface area contributed by atoms with Gasteiger partial charge >= 0.3 is 6.03 Å². The quantitative estimate of drug-likeness (QED) is 0.259. The van der Waals surface area contributed by atoms with E-state index in [1.165, 1.54) is 0 Å². The molecule has 4 aromatic rings. The van der Waals surface area contributed by atoms with Gasteiger partial charge in [-0.3, -0.25) is 10.3 Å². The van der Waals surface area contributed by atoms with Crippen molar-refractivity contribution in [2.24, 2.45) is 15.7 Å². The zero-order valence-electron chi connectivity index (χ0n) is 19.1. The summed E-state index contributed by atoms with van der Waals surface area (Å²) >= 11 is 0. The fourth-order valence-corrected chi connectivity index (χ4v) is 3.60. The molecule has 0 fully saturated rings. The summed E-state index contributed by atoms with van der Waals surface area (Å²) in [4.78, 5) is 28.6. The molecular formula is C27H25N7O. The number of nitrogens with zero attached hydrogens (tertiary/aromatic N) is 4. The number of primary amides is 1. The minimum atomic E-state index is -0.679. The number of benzene rings is 2. The summed E-state index contributed by atoms with van der Waals surface area (Å²) < 4.78 is 0. The smallest absolute Gasteiger partial charge is 0.317 e. The molecule has 0 saturated carbocycles. The molecule has 2 heterocycles. The molecule has 8 nitrogen and oxygen atoms in total. The van der Waals surface area contributed by atoms with Gasteiger partial charge in [0.05, 0.1) is 11.4 Å². The number of hydrogen-bond acceptors (Lipinski definition) is 5. The van der Waals surface area contributed by atoms with Gasteiger partial charge in [-0.05, 0) is 53.7 Å². The molecule has 2 aromatic carbocycles. The molecule has 0 bridgehead atoms. The molecule has 0 spiro atoms. The van der Waals surface area contributed by atoms with Crippen LogP contribution in [0.1, 0.15) is 16.8 Å². The standard InChI is InChI=1S/C27H25N7O/c1-29-26(20-13-14-25(32-16-20)34-27(28)35)33-24-12-7-11-22(19-8-3-2-4-9-19)23(24)18-30-17-21-10-5-6-15-31-21/h2-16,30H,1,17-18H2,(H3,28,32,34,35)/b33-26-. The van der Waals surface area contributed by atoms with E-state index >= 15 is 0 Å². The van der Waals surface area contributed by atoms with E-state index in [1.54, 1.807) is 24.5 Å². The number of hydrogen-bond donors (Lipinski definition) is 3. The van der Waals surface area contributed by atoms with Crippen LogP contribution in [0.4, 0.5) is 16.3 Å². The van der Waals surface area contributed by atoms with E-state index in [9.17, 15) is 4.79 Å². The number of pyridine rings is 2. The topological polar surface area (TPSA) is 118 Å². The van der Waals surface area contributed by atoms with Gasteiger partial charge in [0.1, 0.15) is 5.82 Å². The largest absolute Gasteiger partial charge is 0.351 e. The summed E-state index contributed by atoms with van der Waals surface area (Å²) in [7, 11) is 0. The Bertz CT molecular complexity index is 1320. The third-order valence-corrected chi connectivity index (χ3v) is 5.22. The number of carbonyl (C=O) groups excluding carboxylic acids is 1. The number of aliphatic imine (C=N–C) groups is 2. The Morgan fingerprint density at radius 3 is 2.43 bits per heavy atom. The van der Waals surface area contributed by atoms with Crippen LogP contribution in [0.25, 0.3) is 11.1 Å². The van der Waals surface area contributed by atoms with E-state index in [4.69, 9.17) is 10.7 Å². The van der Waals surface area contributed by atoms with Crippen molar-refractivity contribution >= 4 is 30.1 Å². The van der Waals surface area contributed by atoms with Gasteiger partial charge < -0.3 is 11.1 Å². The monoisotopic (exact) mass is 463 g/mol. The summed E-state index contributed by atoms with van der Waals surface area (Å²) in [6.07, 6.45) is 3.35. The van der Waals surface area contributed by atoms with Crippen LogP contribution in [0.3, 0.4) is 0 Å². The fraction of sp³-hybridized carbons (Fsp3) is 0.0741. The Labute approximate surface area is 203 Å². The molecule has 0 aliphatic rings. The Morgan fingerprint density at radius 2 is 1.74 bits per heavy atom. The third kappa shape index (κ3) is 6.21. The number of rotatable bonds is 8. The van der Waals surface area contributed by atoms with E-state index in [2.05, 4.69) is 50.5 Å². The van der Waals surface area contributed by atoms with Crippen LogP contribution in [0.5, 0.6) is 0 Å². The molecule has 0 atom stereocenters. The van der Waals surface area contributed by atoms with Crippen molar-refractivity contribution in [2.75, 3.05) is 5.32 Å². The molecule has 4 N–H and O–H groups in total. The van der Waals surface area contributed by atoms with Crippen LogP contribution in [-0.4, -0.2) is 28.6 Å². The molecule has 0 saturated heterocycles. The lowest BCUT2D eigenvalue weighted by atomic mass is 9.98. The van der Waals surface area contributed by atoms with E-state index < -0.39 is 6.03 Å². The second-order valence-electron chi connectivity index (χ2n) is 7.61. The maximum atomic E-state index is 11.1. The third-order valence-electron chi connectivity index (χ3n) is 5.22. The van der Waals surface area contributed by atoms with Crippen molar-refractivity contribution in [3.05, 3.63) is 108 Å². The Balaban J connectivity index is 1.68. The van der Waals surface area contributed by atoms with Crippen molar-refractivity contribution in [3.8, 4) is 11.1 Å². The van der Waals surface area contributed by atoms with Gasteiger partial charge in [-0.1, -0.05) is 48.5 Å². The highest BCUT2D eigenvalue weighted by Crippen LogP contribution is 2.31. The predicted molar refractivity (Wildman–Crippen MR) is 140 cm³/mol. The first kappa shape index (κ1) is 23.5. The zero-order chi connectivity index (χ0) is 24.5. The minimum absolute atomic E-state index is 0.343. The van der Waals surface area contributed by atoms with Gasteiger partial charge in [0, 0.05) is 31.0 Å². The average Bonchev–Trinajstić information content (AvgIpc) is 2.89. The highest BCUT2D eigenvalue weighted by molar-refractivity contribution is 6.03. The number of carbonyl (C=O) groups is 1. The van der Waals surface area contributed by atoms with Crippen LogP contribution in [0.2, 0.25) is 0 Å². The van der Waals surface area contributed by atoms with E-state index in [0.29, 0.717) is 30.3 Å². The molecule has 0 aliphatic heterocycles. The lowest BCUT2D eigenvalue weighted by molar-refractivity contribution is 0.259. The molecular weight excluding hydrogens is 438 g/mol. The summed E-state index contributed by atoms with van der Waals surface area (Å²) in [6.45, 7) is 4.89. The Kier molecular flexibility index (Phi) is 7.67. The Hall–Kier alpha value is -4.69. The summed E-state index contributed by atoms with van der Waals surface area (Å²) in [5, 5.41) is 5.92. The van der Waals surface area contributed by atoms with Gasteiger partial charge in [0.2, 0.25) is 0 Å². The van der Waals surface area contributed by atoms with Gasteiger partial charge in [0.25, 0.3) is 0 Å². The van der Waals surface area contributed by atoms with Gasteiger partial charge in [-0.25, -0.2) is 19.8 Å². The molecule has 0 aliphatic carbocycles. The van der Waals surface area contributed by atoms with Crippen LogP contribution < -0.4 is 16.4 Å². The SMILES string of the molecule is C=N/C(=N\c1cccc(-c2ccccc2)c1CNCc1ccccn1)c1ccc(NC(N)=O)nc1. The van der Waals surface area contributed by atoms with Crippen molar-refractivity contribution in [1.82, 2.24) is 15.3 Å². The molecule has 35 heavy (non-hydrogen) atoms. The maximum absolute atomic E-state index is 11.1. The average molecular weight is 464 g/mol. The van der Waals surface area contributed by atoms with Crippen molar-refractivity contribution in [2.45, 2.75) is 13.1 Å². The predicted octanol–water partition coefficient (Wildman–Crippen LogP) is 4.70. The van der Waals surface area contributed by atoms with E-state index in [-0.39, 0.29) is 0 Å². The normalized spacial score (nSPS) is 11.1. The van der Waals surface area contributed by atoms with Gasteiger partial charge in [0.15, 0.2) is 5.84 Å². The minimum Gasteiger partial charge on any atom is -0.351 e. The highest BCUT2D eigenvalue weighted by Gasteiger charge is 2.12. The number of aromatic nitrogens is 2. The first-order valence-corrected chi connectivity index (χ1v) is 11.0. The lowest BCUT2D eigenvalue weighted by Crippen LogP contribution is -2.20. The van der Waals surface area contributed by atoms with E-state index in [0.717, 1.165) is 28.1 Å². The van der Waals surface area contributed by atoms with Crippen molar-refractivity contribution in [1.29, 1.82) is 0 Å². The molecule has 0 radical (unpaired) electrons. The first-order chi connectivity index (χ1) is 17.1. The van der Waals surface area contributed by atoms with Crippen LogP contribution >= 0.6 is 0 Å². The fourth-order valence-electron chi connectivity index (χ4n) is 3.60. The molecule has 2 amide bonds. The summed E-state index contributed by atoms with van der Waals surface area (Å²) in [5.74, 6) is 0.759. The number of amidine groups is 1. The van der Waals surface area contributed by atoms with Gasteiger partial charge in [-0.2, -0.15) is 0 Å². The van der Waals surface area contributed by atoms with Gasteiger partial charge in [-0.15, -0.1) is 0 Å². The zero-order valence-corrected chi connectivity index (χ0v) is 19.1. The molecule has 4 rings (SSSR count). The second-order valence-corrected chi connectivity index (χ2v) is 7.61. The van der Waals surface area contributed by atoms with Crippen LogP contribution in [0.15, 0.2) is 101 Å². The van der Waals surface area contributed by atoms with Crippen molar-refractivity contribution < 1.29 is 4.79 Å². The highest BCUT2D eigenvalue weighted by atomic mass is 16.2. The number of nitrogens with two attached hydrogens (primary N) is 1. The lowest BCUT2D eigenvalue weighted by Gasteiger charge is -2.14. The van der Waals surface area contributed by atoms with Crippen LogP contribution in [0, 0.1) is 0 Å².